The Balaban J connectivity index is 1.58. The van der Waals surface area contributed by atoms with E-state index in [1.54, 1.807) is 12.3 Å². The first-order chi connectivity index (χ1) is 12.2. The fraction of sp³-hybridized carbons (Fsp3) is 0.105. The van der Waals surface area contributed by atoms with Crippen molar-refractivity contribution in [3.63, 3.8) is 0 Å². The van der Waals surface area contributed by atoms with Crippen LogP contribution in [0.5, 0.6) is 0 Å². The van der Waals surface area contributed by atoms with Crippen LogP contribution in [0.15, 0.2) is 71.3 Å². The molecule has 0 aliphatic heterocycles. The van der Waals surface area contributed by atoms with Gasteiger partial charge < -0.3 is 10.6 Å². The molecule has 0 aliphatic rings. The number of amides is 1. The van der Waals surface area contributed by atoms with Crippen LogP contribution in [0.2, 0.25) is 0 Å². The summed E-state index contributed by atoms with van der Waals surface area (Å²) in [5.41, 5.74) is 2.37. The summed E-state index contributed by atoms with van der Waals surface area (Å²) in [6, 6.07) is 19.3. The van der Waals surface area contributed by atoms with Crippen LogP contribution in [-0.2, 0) is 6.42 Å². The molecule has 2 aromatic carbocycles. The molecule has 2 N–H and O–H groups in total. The lowest BCUT2D eigenvalue weighted by Crippen LogP contribution is -2.26. The molecule has 5 nitrogen and oxygen atoms in total. The number of halogens is 1. The third-order valence-electron chi connectivity index (χ3n) is 3.53. The molecule has 3 rings (SSSR count). The molecule has 0 fully saturated rings. The second-order valence-corrected chi connectivity index (χ2v) is 6.30. The van der Waals surface area contributed by atoms with Gasteiger partial charge in [0.25, 0.3) is 5.91 Å². The molecule has 0 saturated heterocycles. The highest BCUT2D eigenvalue weighted by atomic mass is 79.9. The summed E-state index contributed by atoms with van der Waals surface area (Å²) in [4.78, 5) is 20.7. The van der Waals surface area contributed by atoms with Gasteiger partial charge in [-0.15, -0.1) is 0 Å². The minimum absolute atomic E-state index is 0.211. The maximum Gasteiger partial charge on any atom is 0.270 e. The minimum atomic E-state index is -0.211. The van der Waals surface area contributed by atoms with Crippen molar-refractivity contribution in [2.45, 2.75) is 6.42 Å². The highest BCUT2D eigenvalue weighted by molar-refractivity contribution is 9.10. The van der Waals surface area contributed by atoms with Crippen LogP contribution in [0, 0.1) is 0 Å². The average molecular weight is 397 g/mol. The van der Waals surface area contributed by atoms with E-state index >= 15 is 0 Å². The molecule has 3 aromatic rings. The number of nitrogens with one attached hydrogen (secondary N) is 2. The third kappa shape index (κ3) is 5.12. The third-order valence-corrected chi connectivity index (χ3v) is 4.06. The van der Waals surface area contributed by atoms with E-state index < -0.39 is 0 Å². The zero-order valence-corrected chi connectivity index (χ0v) is 15.0. The van der Waals surface area contributed by atoms with Gasteiger partial charge in [0.2, 0.25) is 5.95 Å². The van der Waals surface area contributed by atoms with E-state index in [-0.39, 0.29) is 5.91 Å². The summed E-state index contributed by atoms with van der Waals surface area (Å²) in [5, 5.41) is 5.97. The average Bonchev–Trinajstić information content (AvgIpc) is 2.65. The summed E-state index contributed by atoms with van der Waals surface area (Å²) >= 11 is 3.39. The molecule has 126 valence electrons. The Morgan fingerprint density at radius 1 is 1.00 bits per heavy atom. The smallest absolute Gasteiger partial charge is 0.270 e. The van der Waals surface area contributed by atoms with Gasteiger partial charge in [-0.1, -0.05) is 46.3 Å². The lowest BCUT2D eigenvalue weighted by Gasteiger charge is -2.07. The van der Waals surface area contributed by atoms with Gasteiger partial charge in [-0.2, -0.15) is 0 Å². The molecular formula is C19H17BrN4O. The SMILES string of the molecule is O=C(NCCc1ccccc1)c1ccnc(Nc2ccc(Br)cc2)n1. The van der Waals surface area contributed by atoms with E-state index in [4.69, 9.17) is 0 Å². The van der Waals surface area contributed by atoms with Crippen molar-refractivity contribution in [2.75, 3.05) is 11.9 Å². The van der Waals surface area contributed by atoms with Crippen LogP contribution >= 0.6 is 15.9 Å². The molecule has 0 bridgehead atoms. The zero-order valence-electron chi connectivity index (χ0n) is 13.4. The van der Waals surface area contributed by atoms with Gasteiger partial charge >= 0.3 is 0 Å². The molecule has 0 radical (unpaired) electrons. The van der Waals surface area contributed by atoms with Crippen molar-refractivity contribution < 1.29 is 4.79 Å². The Labute approximate surface area is 154 Å². The van der Waals surface area contributed by atoms with E-state index in [1.165, 1.54) is 5.56 Å². The van der Waals surface area contributed by atoms with Crippen LogP contribution in [0.3, 0.4) is 0 Å². The number of hydrogen-bond acceptors (Lipinski definition) is 4. The predicted molar refractivity (Wildman–Crippen MR) is 102 cm³/mol. The minimum Gasteiger partial charge on any atom is -0.350 e. The molecule has 0 unspecified atom stereocenters. The molecule has 0 spiro atoms. The first-order valence-corrected chi connectivity index (χ1v) is 8.68. The number of carbonyl (C=O) groups is 1. The molecule has 6 heteroatoms. The van der Waals surface area contributed by atoms with E-state index in [9.17, 15) is 4.79 Å². The van der Waals surface area contributed by atoms with Crippen LogP contribution in [0.25, 0.3) is 0 Å². The summed E-state index contributed by atoms with van der Waals surface area (Å²) in [6.07, 6.45) is 2.35. The molecular weight excluding hydrogens is 380 g/mol. The van der Waals surface area contributed by atoms with Gasteiger partial charge in [0.1, 0.15) is 5.69 Å². The van der Waals surface area contributed by atoms with Crippen LogP contribution in [0.1, 0.15) is 16.1 Å². The van der Waals surface area contributed by atoms with Crippen molar-refractivity contribution in [3.05, 3.63) is 82.6 Å². The van der Waals surface area contributed by atoms with Crippen LogP contribution in [-0.4, -0.2) is 22.4 Å². The molecule has 0 aliphatic carbocycles. The van der Waals surface area contributed by atoms with Gasteiger partial charge in [0.15, 0.2) is 0 Å². The second-order valence-electron chi connectivity index (χ2n) is 5.39. The number of benzene rings is 2. The molecule has 1 amide bonds. The number of hydrogen-bond donors (Lipinski definition) is 2. The highest BCUT2D eigenvalue weighted by Crippen LogP contribution is 2.16. The van der Waals surface area contributed by atoms with E-state index in [0.717, 1.165) is 16.6 Å². The van der Waals surface area contributed by atoms with Crippen LogP contribution < -0.4 is 10.6 Å². The molecule has 25 heavy (non-hydrogen) atoms. The van der Waals surface area contributed by atoms with Crippen molar-refractivity contribution >= 4 is 33.5 Å². The summed E-state index contributed by atoms with van der Waals surface area (Å²) in [5.74, 6) is 0.176. The van der Waals surface area contributed by atoms with Gasteiger partial charge in [-0.25, -0.2) is 9.97 Å². The van der Waals surface area contributed by atoms with E-state index in [1.807, 2.05) is 54.6 Å². The van der Waals surface area contributed by atoms with Crippen molar-refractivity contribution in [1.82, 2.24) is 15.3 Å². The quantitative estimate of drug-likeness (QED) is 0.661. The monoisotopic (exact) mass is 396 g/mol. The topological polar surface area (TPSA) is 66.9 Å². The number of nitrogens with zero attached hydrogens (tertiary/aromatic N) is 2. The van der Waals surface area contributed by atoms with E-state index in [2.05, 4.69) is 36.5 Å². The van der Waals surface area contributed by atoms with Gasteiger partial charge in [-0.3, -0.25) is 4.79 Å². The van der Waals surface area contributed by atoms with Gasteiger partial charge in [0, 0.05) is 22.9 Å². The van der Waals surface area contributed by atoms with Gasteiger partial charge in [0.05, 0.1) is 0 Å². The lowest BCUT2D eigenvalue weighted by molar-refractivity contribution is 0.0949. The Morgan fingerprint density at radius 2 is 1.76 bits per heavy atom. The number of carbonyl (C=O) groups excluding carboxylic acids is 1. The molecule has 1 heterocycles. The van der Waals surface area contributed by atoms with Gasteiger partial charge in [-0.05, 0) is 42.3 Å². The maximum absolute atomic E-state index is 12.2. The lowest BCUT2D eigenvalue weighted by atomic mass is 10.1. The van der Waals surface area contributed by atoms with Crippen molar-refractivity contribution in [2.24, 2.45) is 0 Å². The van der Waals surface area contributed by atoms with E-state index in [0.29, 0.717) is 18.2 Å². The maximum atomic E-state index is 12.2. The normalized spacial score (nSPS) is 10.3. The number of anilines is 2. The first kappa shape index (κ1) is 17.1. The highest BCUT2D eigenvalue weighted by Gasteiger charge is 2.08. The fourth-order valence-electron chi connectivity index (χ4n) is 2.26. The summed E-state index contributed by atoms with van der Waals surface area (Å²) in [6.45, 7) is 0.558. The second kappa shape index (κ2) is 8.39. The Hall–Kier alpha value is -2.73. The molecule has 1 aromatic heterocycles. The summed E-state index contributed by atoms with van der Waals surface area (Å²) in [7, 11) is 0. The standard InChI is InChI=1S/C19H17BrN4O/c20-15-6-8-16(9-7-15)23-19-22-13-11-17(24-19)18(25)21-12-10-14-4-2-1-3-5-14/h1-9,11,13H,10,12H2,(H,21,25)(H,22,23,24). The Bertz CT molecular complexity index is 838. The number of aromatic nitrogens is 2. The molecule has 0 atom stereocenters. The Morgan fingerprint density at radius 3 is 2.52 bits per heavy atom. The van der Waals surface area contributed by atoms with Crippen LogP contribution in [0.4, 0.5) is 11.6 Å². The van der Waals surface area contributed by atoms with Crippen molar-refractivity contribution in [3.8, 4) is 0 Å². The number of rotatable bonds is 6. The zero-order chi connectivity index (χ0) is 17.5. The largest absolute Gasteiger partial charge is 0.350 e. The summed E-state index contributed by atoms with van der Waals surface area (Å²) < 4.78 is 0.991. The predicted octanol–water partition coefficient (Wildman–Crippen LogP) is 3.96. The van der Waals surface area contributed by atoms with Crippen molar-refractivity contribution in [1.29, 1.82) is 0 Å². The molecule has 0 saturated carbocycles. The fourth-order valence-corrected chi connectivity index (χ4v) is 2.53. The Kier molecular flexibility index (Phi) is 5.74. The first-order valence-electron chi connectivity index (χ1n) is 7.88.